The van der Waals surface area contributed by atoms with Crippen molar-refractivity contribution in [3.63, 3.8) is 0 Å². The van der Waals surface area contributed by atoms with E-state index in [2.05, 4.69) is 4.98 Å². The second kappa shape index (κ2) is 4.93. The zero-order valence-corrected chi connectivity index (χ0v) is 12.5. The largest absolute Gasteiger partial charge is 0.389 e. The molecule has 0 unspecified atom stereocenters. The molecule has 0 amide bonds. The van der Waals surface area contributed by atoms with Gasteiger partial charge in [-0.2, -0.15) is 0 Å². The van der Waals surface area contributed by atoms with Crippen LogP contribution in [0.3, 0.4) is 0 Å². The maximum Gasteiger partial charge on any atom is 0.135 e. The van der Waals surface area contributed by atoms with Crippen molar-refractivity contribution in [3.05, 3.63) is 59.2 Å². The van der Waals surface area contributed by atoms with Crippen LogP contribution in [0.4, 0.5) is 4.39 Å². The van der Waals surface area contributed by atoms with Gasteiger partial charge in [0.15, 0.2) is 0 Å². The third kappa shape index (κ3) is 2.19. The Balaban J connectivity index is 2.34. The molecule has 0 radical (unpaired) electrons. The number of hydrogen-bond donors (Lipinski definition) is 1. The summed E-state index contributed by atoms with van der Waals surface area (Å²) in [6.07, 6.45) is 1.67. The molecule has 2 aromatic carbocycles. The predicted molar refractivity (Wildman–Crippen MR) is 86.4 cm³/mol. The monoisotopic (exact) mass is 299 g/mol. The van der Waals surface area contributed by atoms with Crippen molar-refractivity contribution in [3.8, 4) is 5.69 Å². The molecule has 106 valence electrons. The van der Waals surface area contributed by atoms with Crippen molar-refractivity contribution in [1.82, 2.24) is 9.55 Å². The Morgan fingerprint density at radius 2 is 1.95 bits per heavy atom. The standard InChI is InChI=1S/C16H14FN3S/c1-9-6-12-14(7-10(9)2)20(8-19-12)13-5-3-4-11(17)15(13)16(18)21/h3-8H,1-2H3,(H2,18,21). The molecule has 2 N–H and O–H groups in total. The number of benzene rings is 2. The first-order valence-corrected chi connectivity index (χ1v) is 6.93. The Morgan fingerprint density at radius 3 is 2.67 bits per heavy atom. The van der Waals surface area contributed by atoms with Gasteiger partial charge in [0.05, 0.1) is 22.3 Å². The van der Waals surface area contributed by atoms with Gasteiger partial charge in [0, 0.05) is 0 Å². The molecule has 0 atom stereocenters. The van der Waals surface area contributed by atoms with Crippen LogP contribution in [0.2, 0.25) is 0 Å². The number of thiocarbonyl (C=S) groups is 1. The van der Waals surface area contributed by atoms with Crippen LogP contribution in [0.25, 0.3) is 16.7 Å². The molecule has 0 aliphatic carbocycles. The quantitative estimate of drug-likeness (QED) is 0.737. The molecule has 0 fully saturated rings. The van der Waals surface area contributed by atoms with Crippen LogP contribution in [0.5, 0.6) is 0 Å². The number of imidazole rings is 1. The Bertz CT molecular complexity index is 867. The summed E-state index contributed by atoms with van der Waals surface area (Å²) < 4.78 is 15.9. The van der Waals surface area contributed by atoms with Crippen molar-refractivity contribution >= 4 is 28.2 Å². The van der Waals surface area contributed by atoms with Crippen LogP contribution < -0.4 is 5.73 Å². The molecular weight excluding hydrogens is 285 g/mol. The molecule has 5 heteroatoms. The van der Waals surface area contributed by atoms with Crippen LogP contribution >= 0.6 is 12.2 Å². The fraction of sp³-hybridized carbons (Fsp3) is 0.125. The van der Waals surface area contributed by atoms with E-state index in [4.69, 9.17) is 18.0 Å². The molecule has 3 aromatic rings. The zero-order chi connectivity index (χ0) is 15.1. The highest BCUT2D eigenvalue weighted by atomic mass is 32.1. The SMILES string of the molecule is Cc1cc2ncn(-c3cccc(F)c3C(N)=S)c2cc1C. The summed E-state index contributed by atoms with van der Waals surface area (Å²) in [5.41, 5.74) is 10.6. The molecule has 0 spiro atoms. The molecule has 1 heterocycles. The maximum atomic E-state index is 14.0. The average Bonchev–Trinajstić information content (AvgIpc) is 2.81. The van der Waals surface area contributed by atoms with Gasteiger partial charge in [0.2, 0.25) is 0 Å². The maximum absolute atomic E-state index is 14.0. The summed E-state index contributed by atoms with van der Waals surface area (Å²) >= 11 is 4.98. The van der Waals surface area contributed by atoms with Crippen molar-refractivity contribution in [2.75, 3.05) is 0 Å². The van der Waals surface area contributed by atoms with Gasteiger partial charge in [-0.3, -0.25) is 4.57 Å². The van der Waals surface area contributed by atoms with Crippen molar-refractivity contribution in [2.45, 2.75) is 13.8 Å². The van der Waals surface area contributed by atoms with E-state index >= 15 is 0 Å². The first kappa shape index (κ1) is 13.7. The summed E-state index contributed by atoms with van der Waals surface area (Å²) in [4.78, 5) is 4.42. The summed E-state index contributed by atoms with van der Waals surface area (Å²) in [5, 5.41) is 0. The van der Waals surface area contributed by atoms with Gasteiger partial charge in [-0.1, -0.05) is 18.3 Å². The van der Waals surface area contributed by atoms with Gasteiger partial charge in [-0.25, -0.2) is 9.37 Å². The Kier molecular flexibility index (Phi) is 3.22. The van der Waals surface area contributed by atoms with Crippen molar-refractivity contribution < 1.29 is 4.39 Å². The predicted octanol–water partition coefficient (Wildman–Crippen LogP) is 3.42. The molecule has 0 aliphatic heterocycles. The molecule has 3 nitrogen and oxygen atoms in total. The number of nitrogens with zero attached hydrogens (tertiary/aromatic N) is 2. The van der Waals surface area contributed by atoms with E-state index in [1.807, 2.05) is 30.5 Å². The van der Waals surface area contributed by atoms with E-state index in [-0.39, 0.29) is 10.6 Å². The summed E-state index contributed by atoms with van der Waals surface area (Å²) in [5.74, 6) is -0.425. The van der Waals surface area contributed by atoms with Gasteiger partial charge < -0.3 is 5.73 Å². The molecule has 0 saturated carbocycles. The second-order valence-corrected chi connectivity index (χ2v) is 5.48. The molecule has 3 rings (SSSR count). The van der Waals surface area contributed by atoms with Crippen molar-refractivity contribution in [1.29, 1.82) is 0 Å². The van der Waals surface area contributed by atoms with Gasteiger partial charge in [0.1, 0.15) is 17.1 Å². The highest BCUT2D eigenvalue weighted by Crippen LogP contribution is 2.25. The van der Waals surface area contributed by atoms with Gasteiger partial charge in [-0.05, 0) is 49.2 Å². The minimum Gasteiger partial charge on any atom is -0.389 e. The van der Waals surface area contributed by atoms with E-state index in [0.29, 0.717) is 5.69 Å². The lowest BCUT2D eigenvalue weighted by atomic mass is 10.1. The third-order valence-electron chi connectivity index (χ3n) is 3.66. The summed E-state index contributed by atoms with van der Waals surface area (Å²) in [7, 11) is 0. The number of fused-ring (bicyclic) bond motifs is 1. The van der Waals surface area contributed by atoms with Crippen molar-refractivity contribution in [2.24, 2.45) is 5.73 Å². The highest BCUT2D eigenvalue weighted by molar-refractivity contribution is 7.80. The molecule has 0 saturated heterocycles. The minimum atomic E-state index is -0.425. The third-order valence-corrected chi connectivity index (χ3v) is 3.86. The molecule has 1 aromatic heterocycles. The Hall–Kier alpha value is -2.27. The lowest BCUT2D eigenvalue weighted by molar-refractivity contribution is 0.624. The normalized spacial score (nSPS) is 11.0. The first-order chi connectivity index (χ1) is 9.99. The van der Waals surface area contributed by atoms with Gasteiger partial charge >= 0.3 is 0 Å². The van der Waals surface area contributed by atoms with E-state index < -0.39 is 5.82 Å². The first-order valence-electron chi connectivity index (χ1n) is 6.52. The fourth-order valence-electron chi connectivity index (χ4n) is 2.41. The summed E-state index contributed by atoms with van der Waals surface area (Å²) in [6, 6.07) is 8.83. The van der Waals surface area contributed by atoms with Crippen LogP contribution in [-0.4, -0.2) is 14.5 Å². The Labute approximate surface area is 127 Å². The van der Waals surface area contributed by atoms with E-state index in [0.717, 1.165) is 16.6 Å². The summed E-state index contributed by atoms with van der Waals surface area (Å²) in [6.45, 7) is 4.07. The van der Waals surface area contributed by atoms with Crippen LogP contribution in [0.1, 0.15) is 16.7 Å². The van der Waals surface area contributed by atoms with Gasteiger partial charge in [-0.15, -0.1) is 0 Å². The lowest BCUT2D eigenvalue weighted by Crippen LogP contribution is -2.15. The number of halogens is 1. The number of rotatable bonds is 2. The number of aryl methyl sites for hydroxylation is 2. The van der Waals surface area contributed by atoms with E-state index in [1.54, 1.807) is 18.5 Å². The van der Waals surface area contributed by atoms with Crippen LogP contribution in [0.15, 0.2) is 36.7 Å². The Morgan fingerprint density at radius 1 is 1.24 bits per heavy atom. The average molecular weight is 299 g/mol. The zero-order valence-electron chi connectivity index (χ0n) is 11.7. The highest BCUT2D eigenvalue weighted by Gasteiger charge is 2.15. The number of aromatic nitrogens is 2. The molecule has 0 bridgehead atoms. The van der Waals surface area contributed by atoms with E-state index in [9.17, 15) is 4.39 Å². The van der Waals surface area contributed by atoms with Crippen LogP contribution in [0, 0.1) is 19.7 Å². The molecular formula is C16H14FN3S. The van der Waals surface area contributed by atoms with Gasteiger partial charge in [0.25, 0.3) is 0 Å². The second-order valence-electron chi connectivity index (χ2n) is 5.04. The fourth-order valence-corrected chi connectivity index (χ4v) is 2.62. The lowest BCUT2D eigenvalue weighted by Gasteiger charge is -2.11. The van der Waals surface area contributed by atoms with E-state index in [1.165, 1.54) is 11.6 Å². The smallest absolute Gasteiger partial charge is 0.135 e. The number of hydrogen-bond acceptors (Lipinski definition) is 2. The number of nitrogens with two attached hydrogens (primary N) is 1. The topological polar surface area (TPSA) is 43.8 Å². The van der Waals surface area contributed by atoms with Crippen LogP contribution in [-0.2, 0) is 0 Å². The molecule has 0 aliphatic rings. The minimum absolute atomic E-state index is 0.0359. The molecule has 21 heavy (non-hydrogen) atoms.